The molecule has 2 heterocycles. The Hall–Kier alpha value is -0.580. The number of nitrogens with zero attached hydrogens (tertiary/aromatic N) is 1. The van der Waals surface area contributed by atoms with Gasteiger partial charge in [-0.3, -0.25) is 0 Å². The van der Waals surface area contributed by atoms with Gasteiger partial charge in [-0.1, -0.05) is 31.5 Å². The quantitative estimate of drug-likeness (QED) is 0.754. The van der Waals surface area contributed by atoms with E-state index in [-0.39, 0.29) is 6.04 Å². The third kappa shape index (κ3) is 3.25. The molecule has 18 heavy (non-hydrogen) atoms. The molecule has 0 aliphatic rings. The topological polar surface area (TPSA) is 24.9 Å². The van der Waals surface area contributed by atoms with E-state index in [0.717, 1.165) is 10.2 Å². The minimum atomic E-state index is 0.249. The van der Waals surface area contributed by atoms with E-state index in [1.54, 1.807) is 17.5 Å². The lowest BCUT2D eigenvalue weighted by atomic mass is 10.0. The summed E-state index contributed by atoms with van der Waals surface area (Å²) >= 11 is 11.3. The fourth-order valence-electron chi connectivity index (χ4n) is 1.73. The maximum atomic E-state index is 6.12. The van der Waals surface area contributed by atoms with Gasteiger partial charge in [0.15, 0.2) is 5.15 Å². The second-order valence-corrected chi connectivity index (χ2v) is 6.63. The molecule has 1 unspecified atom stereocenters. The second-order valence-electron chi connectivity index (χ2n) is 4.37. The highest BCUT2D eigenvalue weighted by Gasteiger charge is 2.18. The summed E-state index contributed by atoms with van der Waals surface area (Å²) in [5.74, 6) is 0.471. The molecule has 0 amide bonds. The average Bonchev–Trinajstić information content (AvgIpc) is 2.83. The predicted molar refractivity (Wildman–Crippen MR) is 82.5 cm³/mol. The number of hydrogen-bond donors (Lipinski definition) is 1. The lowest BCUT2D eigenvalue weighted by Gasteiger charge is -2.23. The first-order valence-corrected chi connectivity index (χ1v) is 7.74. The minimum Gasteiger partial charge on any atom is -0.375 e. The van der Waals surface area contributed by atoms with Gasteiger partial charge in [0.25, 0.3) is 0 Å². The molecular weight excluding hydrogens is 332 g/mol. The van der Waals surface area contributed by atoms with Crippen LogP contribution in [0.3, 0.4) is 0 Å². The van der Waals surface area contributed by atoms with Crippen molar-refractivity contribution in [1.29, 1.82) is 0 Å². The van der Waals surface area contributed by atoms with Crippen molar-refractivity contribution in [1.82, 2.24) is 4.98 Å². The van der Waals surface area contributed by atoms with Crippen LogP contribution in [0.1, 0.15) is 24.8 Å². The minimum absolute atomic E-state index is 0.249. The highest BCUT2D eigenvalue weighted by molar-refractivity contribution is 9.10. The SMILES string of the molecule is CC(C)C(Nc1cc(Br)cnc1Cl)c1cccs1. The molecule has 2 aromatic heterocycles. The van der Waals surface area contributed by atoms with E-state index in [1.165, 1.54) is 4.88 Å². The second kappa shape index (κ2) is 6.04. The van der Waals surface area contributed by atoms with E-state index < -0.39 is 0 Å². The largest absolute Gasteiger partial charge is 0.375 e. The van der Waals surface area contributed by atoms with Crippen molar-refractivity contribution >= 4 is 44.6 Å². The first kappa shape index (κ1) is 13.8. The molecule has 0 aliphatic heterocycles. The van der Waals surface area contributed by atoms with E-state index in [4.69, 9.17) is 11.6 Å². The van der Waals surface area contributed by atoms with Crippen molar-refractivity contribution < 1.29 is 0 Å². The summed E-state index contributed by atoms with van der Waals surface area (Å²) in [6.07, 6.45) is 1.70. The molecule has 0 fully saturated rings. The Balaban J connectivity index is 2.27. The number of rotatable bonds is 4. The van der Waals surface area contributed by atoms with Gasteiger partial charge < -0.3 is 5.32 Å². The molecule has 2 nitrogen and oxygen atoms in total. The molecule has 0 saturated carbocycles. The number of pyridine rings is 1. The lowest BCUT2D eigenvalue weighted by molar-refractivity contribution is 0.553. The van der Waals surface area contributed by atoms with Gasteiger partial charge in [-0.15, -0.1) is 11.3 Å². The summed E-state index contributed by atoms with van der Waals surface area (Å²) in [5.41, 5.74) is 0.859. The highest BCUT2D eigenvalue weighted by atomic mass is 79.9. The Morgan fingerprint density at radius 2 is 2.22 bits per heavy atom. The van der Waals surface area contributed by atoms with E-state index in [1.807, 2.05) is 6.07 Å². The van der Waals surface area contributed by atoms with Gasteiger partial charge in [0, 0.05) is 15.5 Å². The highest BCUT2D eigenvalue weighted by Crippen LogP contribution is 2.32. The van der Waals surface area contributed by atoms with Crippen LogP contribution in [-0.2, 0) is 0 Å². The zero-order chi connectivity index (χ0) is 13.1. The van der Waals surface area contributed by atoms with Crippen molar-refractivity contribution in [2.75, 3.05) is 5.32 Å². The van der Waals surface area contributed by atoms with Crippen molar-refractivity contribution in [3.63, 3.8) is 0 Å². The van der Waals surface area contributed by atoms with E-state index in [2.05, 4.69) is 57.6 Å². The Bertz CT molecular complexity index is 514. The third-order valence-corrected chi connectivity index (χ3v) is 4.32. The van der Waals surface area contributed by atoms with Crippen LogP contribution in [0.4, 0.5) is 5.69 Å². The molecule has 96 valence electrons. The fourth-order valence-corrected chi connectivity index (χ4v) is 3.16. The van der Waals surface area contributed by atoms with Crippen LogP contribution in [0, 0.1) is 5.92 Å². The van der Waals surface area contributed by atoms with Crippen LogP contribution in [0.15, 0.2) is 34.2 Å². The van der Waals surface area contributed by atoms with Gasteiger partial charge in [-0.2, -0.15) is 0 Å². The molecule has 0 aliphatic carbocycles. The molecular formula is C13H14BrClN2S. The first-order valence-electron chi connectivity index (χ1n) is 5.69. The molecule has 1 atom stereocenters. The lowest BCUT2D eigenvalue weighted by Crippen LogP contribution is -2.16. The summed E-state index contributed by atoms with van der Waals surface area (Å²) in [6, 6.07) is 6.41. The van der Waals surface area contributed by atoms with Crippen LogP contribution in [0.5, 0.6) is 0 Å². The predicted octanol–water partition coefficient (Wildman–Crippen LogP) is 5.37. The van der Waals surface area contributed by atoms with Gasteiger partial charge >= 0.3 is 0 Å². The molecule has 0 bridgehead atoms. The van der Waals surface area contributed by atoms with E-state index in [0.29, 0.717) is 11.1 Å². The molecule has 0 radical (unpaired) electrons. The van der Waals surface area contributed by atoms with Gasteiger partial charge in [-0.25, -0.2) is 4.98 Å². The maximum Gasteiger partial charge on any atom is 0.152 e. The monoisotopic (exact) mass is 344 g/mol. The van der Waals surface area contributed by atoms with Crippen LogP contribution in [0.25, 0.3) is 0 Å². The Morgan fingerprint density at radius 1 is 1.44 bits per heavy atom. The summed E-state index contributed by atoms with van der Waals surface area (Å²) < 4.78 is 0.920. The van der Waals surface area contributed by atoms with Gasteiger partial charge in [-0.05, 0) is 39.4 Å². The zero-order valence-electron chi connectivity index (χ0n) is 10.2. The number of halogens is 2. The number of thiophene rings is 1. The molecule has 2 aromatic rings. The molecule has 0 spiro atoms. The average molecular weight is 346 g/mol. The van der Waals surface area contributed by atoms with E-state index in [9.17, 15) is 0 Å². The normalized spacial score (nSPS) is 12.7. The van der Waals surface area contributed by atoms with Crippen molar-refractivity contribution in [2.45, 2.75) is 19.9 Å². The van der Waals surface area contributed by atoms with Crippen molar-refractivity contribution in [2.24, 2.45) is 5.92 Å². The summed E-state index contributed by atoms with van der Waals surface area (Å²) in [5, 5.41) is 6.07. The number of aromatic nitrogens is 1. The van der Waals surface area contributed by atoms with Crippen LogP contribution in [-0.4, -0.2) is 4.98 Å². The first-order chi connectivity index (χ1) is 8.58. The molecule has 0 aromatic carbocycles. The van der Waals surface area contributed by atoms with Crippen LogP contribution in [0.2, 0.25) is 5.15 Å². The summed E-state index contributed by atoms with van der Waals surface area (Å²) in [7, 11) is 0. The van der Waals surface area contributed by atoms with Gasteiger partial charge in [0.2, 0.25) is 0 Å². The standard InChI is InChI=1S/C13H14BrClN2S/c1-8(2)12(11-4-3-5-18-11)17-10-6-9(14)7-16-13(10)15/h3-8,12,17H,1-2H3. The van der Waals surface area contributed by atoms with Gasteiger partial charge in [0.05, 0.1) is 11.7 Å². The molecule has 1 N–H and O–H groups in total. The smallest absolute Gasteiger partial charge is 0.152 e. The van der Waals surface area contributed by atoms with Crippen LogP contribution < -0.4 is 5.32 Å². The maximum absolute atomic E-state index is 6.12. The number of anilines is 1. The van der Waals surface area contributed by atoms with E-state index >= 15 is 0 Å². The van der Waals surface area contributed by atoms with Crippen LogP contribution >= 0.6 is 38.9 Å². The molecule has 0 saturated heterocycles. The Labute approximate surface area is 125 Å². The Kier molecular flexibility index (Phi) is 4.65. The summed E-state index contributed by atoms with van der Waals surface area (Å²) in [6.45, 7) is 4.38. The van der Waals surface area contributed by atoms with Gasteiger partial charge in [0.1, 0.15) is 0 Å². The third-order valence-electron chi connectivity index (χ3n) is 2.63. The number of nitrogens with one attached hydrogen (secondary N) is 1. The van der Waals surface area contributed by atoms with Crippen molar-refractivity contribution in [3.05, 3.63) is 44.3 Å². The summed E-state index contributed by atoms with van der Waals surface area (Å²) in [4.78, 5) is 5.44. The molecule has 2 rings (SSSR count). The Morgan fingerprint density at radius 3 is 2.83 bits per heavy atom. The van der Waals surface area contributed by atoms with Crippen molar-refractivity contribution in [3.8, 4) is 0 Å². The number of hydrogen-bond acceptors (Lipinski definition) is 3. The zero-order valence-corrected chi connectivity index (χ0v) is 13.3. The molecule has 5 heteroatoms. The fraction of sp³-hybridized carbons (Fsp3) is 0.308.